The molecule has 0 spiro atoms. The summed E-state index contributed by atoms with van der Waals surface area (Å²) in [5, 5.41) is 7.25. The van der Waals surface area contributed by atoms with Crippen molar-refractivity contribution in [2.75, 3.05) is 6.61 Å². The molecule has 0 aliphatic heterocycles. The zero-order valence-corrected chi connectivity index (χ0v) is 8.21. The number of hydrogen-bond acceptors (Lipinski definition) is 1. The van der Waals surface area contributed by atoms with E-state index in [0.29, 0.717) is 0 Å². The van der Waals surface area contributed by atoms with Crippen molar-refractivity contribution >= 4 is 11.6 Å². The quantitative estimate of drug-likeness (QED) is 0.491. The van der Waals surface area contributed by atoms with Crippen LogP contribution in [0.4, 0.5) is 17.6 Å². The second-order valence-electron chi connectivity index (χ2n) is 2.88. The molecule has 0 bridgehead atoms. The standard InChI is InChI=1S/C9H7ClF4O/c10-5-8(13)6(11)4(2-1-3-15)7(12)9(5)14/h15H,1-3H2. The first-order valence-electron chi connectivity index (χ1n) is 4.11. The first-order valence-corrected chi connectivity index (χ1v) is 4.49. The Morgan fingerprint density at radius 2 is 1.40 bits per heavy atom. The Kier molecular flexibility index (Phi) is 3.93. The van der Waals surface area contributed by atoms with E-state index in [4.69, 9.17) is 16.7 Å². The molecule has 1 N–H and O–H groups in total. The summed E-state index contributed by atoms with van der Waals surface area (Å²) in [5.74, 6) is -6.23. The highest BCUT2D eigenvalue weighted by molar-refractivity contribution is 6.30. The fourth-order valence-corrected chi connectivity index (χ4v) is 1.29. The first-order chi connectivity index (χ1) is 7.00. The van der Waals surface area contributed by atoms with Gasteiger partial charge in [0.15, 0.2) is 23.3 Å². The Labute approximate surface area is 88.3 Å². The van der Waals surface area contributed by atoms with Crippen LogP contribution in [0, 0.1) is 23.3 Å². The highest BCUT2D eigenvalue weighted by Crippen LogP contribution is 2.28. The largest absolute Gasteiger partial charge is 0.396 e. The van der Waals surface area contributed by atoms with Crippen molar-refractivity contribution in [1.29, 1.82) is 0 Å². The monoisotopic (exact) mass is 242 g/mol. The fourth-order valence-electron chi connectivity index (χ4n) is 1.13. The van der Waals surface area contributed by atoms with E-state index in [-0.39, 0.29) is 19.4 Å². The number of benzene rings is 1. The summed E-state index contributed by atoms with van der Waals surface area (Å²) in [4.78, 5) is 0. The molecule has 0 saturated carbocycles. The molecule has 0 aliphatic rings. The van der Waals surface area contributed by atoms with Gasteiger partial charge in [0, 0.05) is 12.2 Å². The summed E-state index contributed by atoms with van der Waals surface area (Å²) in [5.41, 5.74) is -0.733. The van der Waals surface area contributed by atoms with Gasteiger partial charge in [-0.25, -0.2) is 17.6 Å². The van der Waals surface area contributed by atoms with E-state index < -0.39 is 33.9 Å². The van der Waals surface area contributed by atoms with Crippen molar-refractivity contribution in [3.05, 3.63) is 33.9 Å². The van der Waals surface area contributed by atoms with Gasteiger partial charge in [-0.2, -0.15) is 0 Å². The molecule has 1 aromatic rings. The van der Waals surface area contributed by atoms with Crippen LogP contribution in [0.2, 0.25) is 5.02 Å². The van der Waals surface area contributed by atoms with Crippen LogP contribution in [0.1, 0.15) is 12.0 Å². The van der Waals surface area contributed by atoms with Gasteiger partial charge in [0.2, 0.25) is 0 Å². The Balaban J connectivity index is 3.26. The van der Waals surface area contributed by atoms with Gasteiger partial charge >= 0.3 is 0 Å². The number of rotatable bonds is 3. The molecule has 1 rings (SSSR count). The van der Waals surface area contributed by atoms with Crippen molar-refractivity contribution in [2.45, 2.75) is 12.8 Å². The summed E-state index contributed by atoms with van der Waals surface area (Å²) >= 11 is 5.01. The van der Waals surface area contributed by atoms with Crippen molar-refractivity contribution in [1.82, 2.24) is 0 Å². The maximum atomic E-state index is 13.1. The highest BCUT2D eigenvalue weighted by Gasteiger charge is 2.23. The maximum Gasteiger partial charge on any atom is 0.180 e. The van der Waals surface area contributed by atoms with E-state index in [1.807, 2.05) is 0 Å². The van der Waals surface area contributed by atoms with Crippen LogP contribution in [0.3, 0.4) is 0 Å². The van der Waals surface area contributed by atoms with Crippen molar-refractivity contribution < 1.29 is 22.7 Å². The van der Waals surface area contributed by atoms with Gasteiger partial charge in [-0.3, -0.25) is 0 Å². The Morgan fingerprint density at radius 3 is 1.80 bits per heavy atom. The van der Waals surface area contributed by atoms with E-state index in [2.05, 4.69) is 0 Å². The molecule has 0 heterocycles. The summed E-state index contributed by atoms with van der Waals surface area (Å²) in [6, 6.07) is 0. The average Bonchev–Trinajstić information content (AvgIpc) is 2.24. The SMILES string of the molecule is OCCCc1c(F)c(F)c(Cl)c(F)c1F. The Bertz CT molecular complexity index is 352. The molecule has 0 atom stereocenters. The second kappa shape index (κ2) is 4.81. The topological polar surface area (TPSA) is 20.2 Å². The van der Waals surface area contributed by atoms with Gasteiger partial charge < -0.3 is 5.11 Å². The van der Waals surface area contributed by atoms with Gasteiger partial charge in [-0.15, -0.1) is 0 Å². The molecule has 0 fully saturated rings. The smallest absolute Gasteiger partial charge is 0.180 e. The lowest BCUT2D eigenvalue weighted by Crippen LogP contribution is -2.05. The normalized spacial score (nSPS) is 10.8. The number of halogens is 5. The fraction of sp³-hybridized carbons (Fsp3) is 0.333. The molecule has 1 aromatic carbocycles. The van der Waals surface area contributed by atoms with Gasteiger partial charge in [0.05, 0.1) is 0 Å². The molecular weight excluding hydrogens is 236 g/mol. The van der Waals surface area contributed by atoms with E-state index >= 15 is 0 Å². The molecule has 15 heavy (non-hydrogen) atoms. The molecule has 0 amide bonds. The second-order valence-corrected chi connectivity index (χ2v) is 3.25. The molecule has 0 saturated heterocycles. The molecule has 0 unspecified atom stereocenters. The van der Waals surface area contributed by atoms with Crippen molar-refractivity contribution in [2.24, 2.45) is 0 Å². The zero-order chi connectivity index (χ0) is 11.6. The van der Waals surface area contributed by atoms with Gasteiger partial charge in [-0.1, -0.05) is 11.6 Å². The molecule has 6 heteroatoms. The number of hydrogen-bond donors (Lipinski definition) is 1. The Hall–Kier alpha value is -0.810. The molecule has 0 aliphatic carbocycles. The number of aliphatic hydroxyl groups excluding tert-OH is 1. The van der Waals surface area contributed by atoms with E-state index in [9.17, 15) is 17.6 Å². The van der Waals surface area contributed by atoms with Crippen LogP contribution in [0.5, 0.6) is 0 Å². The van der Waals surface area contributed by atoms with Gasteiger partial charge in [0.25, 0.3) is 0 Å². The first kappa shape index (κ1) is 12.3. The van der Waals surface area contributed by atoms with Gasteiger partial charge in [-0.05, 0) is 12.8 Å². The summed E-state index contributed by atoms with van der Waals surface area (Å²) in [7, 11) is 0. The van der Waals surface area contributed by atoms with Crippen molar-refractivity contribution in [3.63, 3.8) is 0 Å². The van der Waals surface area contributed by atoms with Crippen LogP contribution in [-0.2, 0) is 6.42 Å². The lowest BCUT2D eigenvalue weighted by molar-refractivity contribution is 0.286. The van der Waals surface area contributed by atoms with Crippen LogP contribution in [0.25, 0.3) is 0 Å². The minimum Gasteiger partial charge on any atom is -0.396 e. The maximum absolute atomic E-state index is 13.1. The molecule has 0 aromatic heterocycles. The minimum absolute atomic E-state index is 0.00829. The molecule has 84 valence electrons. The third-order valence-electron chi connectivity index (χ3n) is 1.89. The highest BCUT2D eigenvalue weighted by atomic mass is 35.5. The summed E-state index contributed by atoms with van der Waals surface area (Å²) in [6.45, 7) is -0.329. The summed E-state index contributed by atoms with van der Waals surface area (Å²) in [6.07, 6.45) is -0.284. The predicted octanol–water partition coefficient (Wildman–Crippen LogP) is 2.82. The van der Waals surface area contributed by atoms with Crippen molar-refractivity contribution in [3.8, 4) is 0 Å². The van der Waals surface area contributed by atoms with Crippen LogP contribution < -0.4 is 0 Å². The summed E-state index contributed by atoms with van der Waals surface area (Å²) < 4.78 is 51.9. The third kappa shape index (κ3) is 2.23. The Morgan fingerprint density at radius 1 is 0.933 bits per heavy atom. The van der Waals surface area contributed by atoms with E-state index in [1.165, 1.54) is 0 Å². The molecule has 1 nitrogen and oxygen atoms in total. The predicted molar refractivity (Wildman–Crippen MR) is 46.7 cm³/mol. The lowest BCUT2D eigenvalue weighted by Gasteiger charge is -2.07. The van der Waals surface area contributed by atoms with Crippen LogP contribution in [-0.4, -0.2) is 11.7 Å². The molecular formula is C9H7ClF4O. The van der Waals surface area contributed by atoms with E-state index in [0.717, 1.165) is 0 Å². The van der Waals surface area contributed by atoms with Gasteiger partial charge in [0.1, 0.15) is 5.02 Å². The lowest BCUT2D eigenvalue weighted by atomic mass is 10.1. The molecule has 0 radical (unpaired) electrons. The zero-order valence-electron chi connectivity index (χ0n) is 7.46. The minimum atomic E-state index is -1.61. The number of aliphatic hydroxyl groups is 1. The van der Waals surface area contributed by atoms with E-state index in [1.54, 1.807) is 0 Å². The van der Waals surface area contributed by atoms with Crippen LogP contribution in [0.15, 0.2) is 0 Å². The third-order valence-corrected chi connectivity index (χ3v) is 2.22. The average molecular weight is 243 g/mol. The van der Waals surface area contributed by atoms with Crippen LogP contribution >= 0.6 is 11.6 Å².